The highest BCUT2D eigenvalue weighted by molar-refractivity contribution is 6.10. The highest BCUT2D eigenvalue weighted by Gasteiger charge is 2.35. The van der Waals surface area contributed by atoms with Gasteiger partial charge in [0.1, 0.15) is 17.5 Å². The number of hydrogen-bond acceptors (Lipinski definition) is 5. The molecule has 0 aliphatic heterocycles. The molecule has 3 rings (SSSR count). The normalized spacial score (nSPS) is 12.1. The van der Waals surface area contributed by atoms with Crippen LogP contribution in [0.5, 0.6) is 0 Å². The van der Waals surface area contributed by atoms with Crippen molar-refractivity contribution in [2.24, 2.45) is 17.8 Å². The van der Waals surface area contributed by atoms with Crippen LogP contribution >= 0.6 is 0 Å². The first-order chi connectivity index (χ1) is 17.0. The zero-order valence-corrected chi connectivity index (χ0v) is 18.8. The summed E-state index contributed by atoms with van der Waals surface area (Å²) in [4.78, 5) is 20.6. The molecule has 3 aromatic rings. The second-order valence-electron chi connectivity index (χ2n) is 7.54. The van der Waals surface area contributed by atoms with Crippen molar-refractivity contribution < 1.29 is 28.2 Å². The maximum absolute atomic E-state index is 15.0. The number of hydrogen-bond donors (Lipinski definition) is 2. The number of carbonyl (C=O) groups excluding carboxylic acids is 1. The molecule has 0 saturated carbocycles. The number of allylic oxidation sites excluding steroid dienone is 1. The van der Waals surface area contributed by atoms with Crippen LogP contribution in [-0.2, 0) is 31.0 Å². The van der Waals surface area contributed by atoms with E-state index in [0.29, 0.717) is 11.9 Å². The van der Waals surface area contributed by atoms with Gasteiger partial charge in [-0.2, -0.15) is 18.4 Å². The van der Waals surface area contributed by atoms with Crippen molar-refractivity contribution in [1.29, 1.82) is 5.26 Å². The molecule has 0 radical (unpaired) electrons. The Hall–Kier alpha value is -4.53. The quantitative estimate of drug-likeness (QED) is 0.362. The fraction of sp³-hybridized carbons (Fsp3) is 0.167. The average molecular weight is 504 g/mol. The molecule has 1 aromatic heterocycles. The highest BCUT2D eigenvalue weighted by atomic mass is 19.4. The van der Waals surface area contributed by atoms with Gasteiger partial charge in [-0.05, 0) is 23.8 Å². The molecule has 0 spiro atoms. The summed E-state index contributed by atoms with van der Waals surface area (Å²) in [5.41, 5.74) is 3.23. The van der Waals surface area contributed by atoms with E-state index in [1.807, 2.05) is 6.07 Å². The van der Waals surface area contributed by atoms with Crippen molar-refractivity contribution in [3.63, 3.8) is 0 Å². The van der Waals surface area contributed by atoms with Crippen molar-refractivity contribution in [1.82, 2.24) is 9.55 Å². The lowest BCUT2D eigenvalue weighted by Gasteiger charge is -2.13. The fourth-order valence-corrected chi connectivity index (χ4v) is 3.34. The van der Waals surface area contributed by atoms with E-state index in [4.69, 9.17) is 5.73 Å². The first kappa shape index (κ1) is 26.1. The maximum atomic E-state index is 15.0. The summed E-state index contributed by atoms with van der Waals surface area (Å²) in [7, 11) is 1.78. The summed E-state index contributed by atoms with van der Waals surface area (Å²) in [5.74, 6) is -2.74. The Bertz CT molecular complexity index is 1390. The molecule has 3 N–H and O–H groups in total. The summed E-state index contributed by atoms with van der Waals surface area (Å²) < 4.78 is 69.6. The minimum Gasteiger partial charge on any atom is -0.404 e. The summed E-state index contributed by atoms with van der Waals surface area (Å²) in [6.45, 7) is 0.171. The van der Waals surface area contributed by atoms with Crippen LogP contribution in [0.15, 0.2) is 53.9 Å². The SMILES string of the molecule is Cn1ccnc1CN=C/C(=C\N)c1c(F)cc(NC(=O)Cc2cccc(C(F)(F)F)c2F)cc1C#N.[HH]. The molecule has 0 saturated heterocycles. The Morgan fingerprint density at radius 3 is 2.69 bits per heavy atom. The summed E-state index contributed by atoms with van der Waals surface area (Å²) in [5, 5.41) is 11.8. The van der Waals surface area contributed by atoms with Gasteiger partial charge in [-0.3, -0.25) is 9.79 Å². The van der Waals surface area contributed by atoms with E-state index in [9.17, 15) is 32.0 Å². The van der Waals surface area contributed by atoms with Crippen LogP contribution in [-0.4, -0.2) is 21.7 Å². The summed E-state index contributed by atoms with van der Waals surface area (Å²) >= 11 is 0. The van der Waals surface area contributed by atoms with Gasteiger partial charge in [-0.1, -0.05) is 12.1 Å². The van der Waals surface area contributed by atoms with E-state index in [1.54, 1.807) is 24.0 Å². The van der Waals surface area contributed by atoms with Crippen LogP contribution < -0.4 is 11.1 Å². The number of benzene rings is 2. The molecule has 0 aliphatic carbocycles. The molecule has 0 fully saturated rings. The third-order valence-electron chi connectivity index (χ3n) is 5.08. The van der Waals surface area contributed by atoms with Crippen molar-refractivity contribution in [2.45, 2.75) is 19.1 Å². The molecule has 0 bridgehead atoms. The molecule has 0 unspecified atom stereocenters. The Morgan fingerprint density at radius 1 is 1.33 bits per heavy atom. The van der Waals surface area contributed by atoms with Crippen LogP contribution in [0.1, 0.15) is 29.5 Å². The summed E-state index contributed by atoms with van der Waals surface area (Å²) in [6.07, 6.45) is -0.00177. The molecule has 188 valence electrons. The Kier molecular flexibility index (Phi) is 7.83. The average Bonchev–Trinajstić information content (AvgIpc) is 3.22. The number of aliphatic imine (C=N–C) groups is 1. The lowest BCUT2D eigenvalue weighted by molar-refractivity contribution is -0.140. The topological polar surface area (TPSA) is 109 Å². The van der Waals surface area contributed by atoms with E-state index in [-0.39, 0.29) is 30.4 Å². The lowest BCUT2D eigenvalue weighted by atomic mass is 10.00. The van der Waals surface area contributed by atoms with Crippen molar-refractivity contribution >= 4 is 23.4 Å². The number of halogens is 5. The number of rotatable bonds is 7. The number of nitrogens with one attached hydrogen (secondary N) is 1. The molecule has 12 heteroatoms. The van der Waals surface area contributed by atoms with Crippen LogP contribution in [0.3, 0.4) is 0 Å². The number of aryl methyl sites for hydroxylation is 1. The third kappa shape index (κ3) is 5.93. The molecule has 1 heterocycles. The van der Waals surface area contributed by atoms with Crippen LogP contribution in [0.4, 0.5) is 27.6 Å². The number of aromatic nitrogens is 2. The number of alkyl halides is 3. The first-order valence-electron chi connectivity index (χ1n) is 10.3. The van der Waals surface area contributed by atoms with Gasteiger partial charge in [0.25, 0.3) is 0 Å². The van der Waals surface area contributed by atoms with Gasteiger partial charge in [0.05, 0.1) is 30.2 Å². The number of nitriles is 1. The molecular formula is C24H21F5N6O. The van der Waals surface area contributed by atoms with E-state index >= 15 is 0 Å². The number of nitrogens with zero attached hydrogens (tertiary/aromatic N) is 4. The monoisotopic (exact) mass is 504 g/mol. The molecule has 1 amide bonds. The van der Waals surface area contributed by atoms with Crippen LogP contribution in [0.25, 0.3) is 5.57 Å². The third-order valence-corrected chi connectivity index (χ3v) is 5.08. The van der Waals surface area contributed by atoms with Crippen molar-refractivity contribution in [3.05, 3.63) is 88.6 Å². The van der Waals surface area contributed by atoms with Crippen LogP contribution in [0, 0.1) is 23.0 Å². The van der Waals surface area contributed by atoms with E-state index in [2.05, 4.69) is 15.3 Å². The molecule has 0 aliphatic rings. The molecule has 0 atom stereocenters. The number of imidazole rings is 1. The zero-order chi connectivity index (χ0) is 26.5. The largest absolute Gasteiger partial charge is 0.419 e. The summed E-state index contributed by atoms with van der Waals surface area (Å²) in [6, 6.07) is 6.46. The minimum absolute atomic E-state index is 0. The number of nitrogens with two attached hydrogens (primary N) is 1. The predicted octanol–water partition coefficient (Wildman–Crippen LogP) is 4.59. The molecule has 7 nitrogen and oxygen atoms in total. The minimum atomic E-state index is -4.92. The van der Waals surface area contributed by atoms with Crippen molar-refractivity contribution in [3.8, 4) is 6.07 Å². The maximum Gasteiger partial charge on any atom is 0.419 e. The van der Waals surface area contributed by atoms with Gasteiger partial charge in [-0.25, -0.2) is 13.8 Å². The molecule has 36 heavy (non-hydrogen) atoms. The van der Waals surface area contributed by atoms with Gasteiger partial charge in [0.15, 0.2) is 0 Å². The Labute approximate surface area is 203 Å². The highest BCUT2D eigenvalue weighted by Crippen LogP contribution is 2.32. The molecule has 2 aromatic carbocycles. The van der Waals surface area contributed by atoms with Gasteiger partial charge in [0.2, 0.25) is 5.91 Å². The van der Waals surface area contributed by atoms with Gasteiger partial charge in [0, 0.05) is 50.1 Å². The first-order valence-corrected chi connectivity index (χ1v) is 10.3. The van der Waals surface area contributed by atoms with Gasteiger partial charge >= 0.3 is 6.18 Å². The fourth-order valence-electron chi connectivity index (χ4n) is 3.34. The zero-order valence-electron chi connectivity index (χ0n) is 18.8. The Balaban J connectivity index is 0.00000481. The Morgan fingerprint density at radius 2 is 2.08 bits per heavy atom. The smallest absolute Gasteiger partial charge is 0.404 e. The van der Waals surface area contributed by atoms with E-state index < -0.39 is 41.3 Å². The van der Waals surface area contributed by atoms with E-state index in [1.165, 1.54) is 6.21 Å². The standard InChI is InChI=1S/C24H19F5N6O.H2/c1-35-6-5-33-20(35)13-32-12-16(11-31)22-15(10-30)7-17(9-19(22)25)34-21(36)8-14-3-2-4-18(23(14)26)24(27,28)29;/h2-7,9,11-12H,8,13,31H2,1H3,(H,34,36);1H/b16-11+,32-12?;. The second kappa shape index (κ2) is 10.8. The number of amides is 1. The lowest BCUT2D eigenvalue weighted by Crippen LogP contribution is -2.17. The van der Waals surface area contributed by atoms with Gasteiger partial charge in [-0.15, -0.1) is 0 Å². The predicted molar refractivity (Wildman–Crippen MR) is 125 cm³/mol. The van der Waals surface area contributed by atoms with Crippen LogP contribution in [0.2, 0.25) is 0 Å². The van der Waals surface area contributed by atoms with Gasteiger partial charge < -0.3 is 15.6 Å². The second-order valence-corrected chi connectivity index (χ2v) is 7.54. The number of carbonyl (C=O) groups is 1. The van der Waals surface area contributed by atoms with E-state index in [0.717, 1.165) is 30.5 Å². The molecular weight excluding hydrogens is 483 g/mol. The number of anilines is 1. The van der Waals surface area contributed by atoms with Crippen molar-refractivity contribution in [2.75, 3.05) is 5.32 Å².